The van der Waals surface area contributed by atoms with Gasteiger partial charge in [-0.05, 0) is 12.2 Å². The van der Waals surface area contributed by atoms with Gasteiger partial charge in [0.15, 0.2) is 0 Å². The van der Waals surface area contributed by atoms with Gasteiger partial charge in [0.2, 0.25) is 5.91 Å². The third kappa shape index (κ3) is 1.96. The Balaban J connectivity index is 1.95. The van der Waals surface area contributed by atoms with Gasteiger partial charge in [-0.25, -0.2) is 0 Å². The normalized spacial score (nSPS) is 22.5. The maximum atomic E-state index is 11.9. The van der Waals surface area contributed by atoms with Crippen LogP contribution in [0.4, 0.5) is 0 Å². The summed E-state index contributed by atoms with van der Waals surface area (Å²) < 4.78 is 0. The molecule has 0 aromatic rings. The van der Waals surface area contributed by atoms with Gasteiger partial charge in [-0.3, -0.25) is 4.79 Å². The zero-order valence-corrected chi connectivity index (χ0v) is 9.27. The van der Waals surface area contributed by atoms with Crippen LogP contribution in [0.15, 0.2) is 11.6 Å². The van der Waals surface area contributed by atoms with E-state index in [0.29, 0.717) is 6.04 Å². The lowest BCUT2D eigenvalue weighted by Gasteiger charge is -2.36. The number of nitrogens with zero attached hydrogens (tertiary/aromatic N) is 1. The van der Waals surface area contributed by atoms with Crippen molar-refractivity contribution < 1.29 is 4.79 Å². The van der Waals surface area contributed by atoms with Crippen LogP contribution in [0.2, 0.25) is 0 Å². The number of likely N-dealkylation sites (N-methyl/N-ethyl adjacent to an activating group) is 1. The maximum Gasteiger partial charge on any atom is 0.250 e. The Morgan fingerprint density at radius 2 is 2.43 bits per heavy atom. The lowest BCUT2D eigenvalue weighted by Crippen LogP contribution is -2.57. The van der Waals surface area contributed by atoms with Gasteiger partial charge in [0.05, 0.1) is 6.04 Å². The highest BCUT2D eigenvalue weighted by Gasteiger charge is 2.27. The first-order valence-corrected chi connectivity index (χ1v) is 6.19. The van der Waals surface area contributed by atoms with E-state index in [1.54, 1.807) is 0 Å². The van der Waals surface area contributed by atoms with E-state index in [1.165, 1.54) is 0 Å². The summed E-state index contributed by atoms with van der Waals surface area (Å²) in [6.45, 7) is 1.89. The number of rotatable bonds is 2. The molecule has 4 heteroatoms. The molecule has 2 heterocycles. The highest BCUT2D eigenvalue weighted by atomic mass is 32.2. The summed E-state index contributed by atoms with van der Waals surface area (Å²) in [5, 5.41) is 3.18. The predicted octanol–water partition coefficient (Wildman–Crippen LogP) is 0.480. The van der Waals surface area contributed by atoms with Gasteiger partial charge in [-0.2, -0.15) is 11.8 Å². The maximum absolute atomic E-state index is 11.9. The molecule has 2 aliphatic rings. The van der Waals surface area contributed by atoms with E-state index >= 15 is 0 Å². The van der Waals surface area contributed by atoms with Crippen LogP contribution in [0.25, 0.3) is 0 Å². The number of hydrogen-bond donors (Lipinski definition) is 1. The largest absolute Gasteiger partial charge is 0.336 e. The minimum Gasteiger partial charge on any atom is -0.336 e. The first kappa shape index (κ1) is 10.1. The van der Waals surface area contributed by atoms with E-state index in [1.807, 2.05) is 23.7 Å². The molecule has 2 aliphatic heterocycles. The van der Waals surface area contributed by atoms with Gasteiger partial charge in [0.1, 0.15) is 0 Å². The van der Waals surface area contributed by atoms with Crippen LogP contribution in [0.3, 0.4) is 0 Å². The summed E-state index contributed by atoms with van der Waals surface area (Å²) in [7, 11) is 1.91. The number of thioether (sulfide) groups is 1. The van der Waals surface area contributed by atoms with Crippen LogP contribution in [-0.2, 0) is 4.79 Å². The molecular formula is C10H16N2OS. The first-order valence-electron chi connectivity index (χ1n) is 5.03. The summed E-state index contributed by atoms with van der Waals surface area (Å²) >= 11 is 1.85. The van der Waals surface area contributed by atoms with Crippen molar-refractivity contribution in [3.8, 4) is 0 Å². The number of hydrogen-bond acceptors (Lipinski definition) is 3. The monoisotopic (exact) mass is 212 g/mol. The predicted molar refractivity (Wildman–Crippen MR) is 59.5 cm³/mol. The molecule has 0 bridgehead atoms. The molecule has 1 N–H and O–H groups in total. The zero-order chi connectivity index (χ0) is 9.97. The van der Waals surface area contributed by atoms with Gasteiger partial charge in [-0.15, -0.1) is 0 Å². The summed E-state index contributed by atoms with van der Waals surface area (Å²) in [5.41, 5.74) is 0.996. The van der Waals surface area contributed by atoms with E-state index in [0.717, 1.165) is 36.6 Å². The third-order valence-electron chi connectivity index (χ3n) is 2.81. The molecule has 0 radical (unpaired) electrons. The fourth-order valence-corrected chi connectivity index (χ4v) is 2.54. The Bertz CT molecular complexity index is 261. The molecule has 14 heavy (non-hydrogen) atoms. The van der Waals surface area contributed by atoms with Gasteiger partial charge >= 0.3 is 0 Å². The number of nitrogens with one attached hydrogen (secondary N) is 1. The van der Waals surface area contributed by atoms with Gasteiger partial charge in [0, 0.05) is 31.5 Å². The molecule has 1 amide bonds. The molecule has 0 aliphatic carbocycles. The first-order chi connectivity index (χ1) is 6.79. The Hall–Kier alpha value is -0.480. The van der Waals surface area contributed by atoms with Gasteiger partial charge in [0.25, 0.3) is 0 Å². The van der Waals surface area contributed by atoms with Crippen molar-refractivity contribution in [3.05, 3.63) is 11.6 Å². The SMILES string of the molecule is CN(C(=O)C1=CCCSC1)C1CNC1. The second-order valence-corrected chi connectivity index (χ2v) is 4.90. The van der Waals surface area contributed by atoms with E-state index in [-0.39, 0.29) is 5.91 Å². The summed E-state index contributed by atoms with van der Waals surface area (Å²) in [6.07, 6.45) is 3.14. The van der Waals surface area contributed by atoms with Crippen LogP contribution in [-0.4, -0.2) is 48.5 Å². The van der Waals surface area contributed by atoms with Crippen LogP contribution >= 0.6 is 11.8 Å². The van der Waals surface area contributed by atoms with E-state index in [9.17, 15) is 4.79 Å². The highest BCUT2D eigenvalue weighted by molar-refractivity contribution is 7.99. The molecule has 0 unspecified atom stereocenters. The molecule has 1 saturated heterocycles. The number of allylic oxidation sites excluding steroid dienone is 1. The second kappa shape index (κ2) is 4.36. The van der Waals surface area contributed by atoms with Crippen LogP contribution in [0.5, 0.6) is 0 Å². The lowest BCUT2D eigenvalue weighted by molar-refractivity contribution is -0.128. The zero-order valence-electron chi connectivity index (χ0n) is 8.45. The van der Waals surface area contributed by atoms with E-state index < -0.39 is 0 Å². The summed E-state index contributed by atoms with van der Waals surface area (Å²) in [6, 6.07) is 0.412. The summed E-state index contributed by atoms with van der Waals surface area (Å²) in [5.74, 6) is 2.28. The van der Waals surface area contributed by atoms with E-state index in [4.69, 9.17) is 0 Å². The number of amides is 1. The molecule has 3 nitrogen and oxygen atoms in total. The van der Waals surface area contributed by atoms with Crippen molar-refractivity contribution in [1.82, 2.24) is 10.2 Å². The average Bonchev–Trinajstić information content (AvgIpc) is 2.15. The van der Waals surface area contributed by atoms with Gasteiger partial charge in [-0.1, -0.05) is 6.08 Å². The Labute approximate surface area is 88.9 Å². The Kier molecular flexibility index (Phi) is 3.13. The van der Waals surface area contributed by atoms with Crippen LogP contribution in [0.1, 0.15) is 6.42 Å². The number of carbonyl (C=O) groups is 1. The fourth-order valence-electron chi connectivity index (χ4n) is 1.65. The van der Waals surface area contributed by atoms with Crippen molar-refractivity contribution in [2.45, 2.75) is 12.5 Å². The molecule has 1 fully saturated rings. The van der Waals surface area contributed by atoms with Crippen LogP contribution < -0.4 is 5.32 Å². The third-order valence-corrected chi connectivity index (χ3v) is 3.85. The average molecular weight is 212 g/mol. The Morgan fingerprint density at radius 3 is 2.93 bits per heavy atom. The quantitative estimate of drug-likeness (QED) is 0.722. The fraction of sp³-hybridized carbons (Fsp3) is 0.700. The molecule has 0 atom stereocenters. The molecule has 0 spiro atoms. The van der Waals surface area contributed by atoms with E-state index in [2.05, 4.69) is 11.4 Å². The topological polar surface area (TPSA) is 32.3 Å². The van der Waals surface area contributed by atoms with Crippen LogP contribution in [0, 0.1) is 0 Å². The molecule has 2 rings (SSSR count). The second-order valence-electron chi connectivity index (χ2n) is 3.80. The smallest absolute Gasteiger partial charge is 0.250 e. The minimum absolute atomic E-state index is 0.226. The van der Waals surface area contributed by atoms with Crippen molar-refractivity contribution in [1.29, 1.82) is 0 Å². The molecular weight excluding hydrogens is 196 g/mol. The lowest BCUT2D eigenvalue weighted by atomic mass is 10.1. The highest BCUT2D eigenvalue weighted by Crippen LogP contribution is 2.19. The number of carbonyl (C=O) groups excluding carboxylic acids is 1. The Morgan fingerprint density at radius 1 is 1.64 bits per heavy atom. The van der Waals surface area contributed by atoms with Crippen molar-refractivity contribution in [3.63, 3.8) is 0 Å². The van der Waals surface area contributed by atoms with Crippen molar-refractivity contribution in [2.75, 3.05) is 31.6 Å². The standard InChI is InChI=1S/C10H16N2OS/c1-12(9-5-11-6-9)10(13)8-3-2-4-14-7-8/h3,9,11H,2,4-7H2,1H3. The molecule has 0 aromatic heterocycles. The van der Waals surface area contributed by atoms with Crippen molar-refractivity contribution in [2.24, 2.45) is 0 Å². The van der Waals surface area contributed by atoms with Gasteiger partial charge < -0.3 is 10.2 Å². The molecule has 0 aromatic carbocycles. The minimum atomic E-state index is 0.226. The molecule has 0 saturated carbocycles. The summed E-state index contributed by atoms with van der Waals surface area (Å²) in [4.78, 5) is 13.8. The molecule has 78 valence electrons. The van der Waals surface area contributed by atoms with Crippen molar-refractivity contribution >= 4 is 17.7 Å².